The zero-order valence-electron chi connectivity index (χ0n) is 15.2. The van der Waals surface area contributed by atoms with Crippen LogP contribution in [0.4, 0.5) is 4.79 Å². The molecular weight excluding hydrogens is 314 g/mol. The number of ether oxygens (including phenoxy) is 1. The lowest BCUT2D eigenvalue weighted by molar-refractivity contribution is 0.114. The van der Waals surface area contributed by atoms with E-state index in [0.717, 1.165) is 64.3 Å². The molecule has 0 radical (unpaired) electrons. The average Bonchev–Trinajstić information content (AvgIpc) is 3.04. The second-order valence-electron chi connectivity index (χ2n) is 7.77. The number of fused-ring (bicyclic) bond motifs is 4. The highest BCUT2D eigenvalue weighted by Gasteiger charge is 2.38. The monoisotopic (exact) mass is 343 g/mol. The first kappa shape index (κ1) is 16.7. The molecule has 0 aliphatic carbocycles. The quantitative estimate of drug-likeness (QED) is 0.847. The van der Waals surface area contributed by atoms with Gasteiger partial charge in [0.05, 0.1) is 7.11 Å². The third-order valence-corrected chi connectivity index (χ3v) is 5.98. The summed E-state index contributed by atoms with van der Waals surface area (Å²) in [7, 11) is 1.70. The molecule has 0 unspecified atom stereocenters. The number of urea groups is 1. The van der Waals surface area contributed by atoms with Gasteiger partial charge < -0.3 is 14.5 Å². The Labute approximate surface area is 150 Å². The molecule has 4 fully saturated rings. The Balaban J connectivity index is 1.42. The molecule has 0 spiro atoms. The maximum Gasteiger partial charge on any atom is 0.320 e. The highest BCUT2D eigenvalue weighted by molar-refractivity contribution is 5.75. The molecule has 25 heavy (non-hydrogen) atoms. The molecule has 5 nitrogen and oxygen atoms in total. The van der Waals surface area contributed by atoms with Gasteiger partial charge in [-0.05, 0) is 49.3 Å². The normalized spacial score (nSPS) is 26.8. The van der Waals surface area contributed by atoms with E-state index >= 15 is 0 Å². The van der Waals surface area contributed by atoms with E-state index in [4.69, 9.17) is 4.74 Å². The van der Waals surface area contributed by atoms with Crippen molar-refractivity contribution in [1.82, 2.24) is 14.7 Å². The Morgan fingerprint density at radius 2 is 1.84 bits per heavy atom. The fourth-order valence-electron chi connectivity index (χ4n) is 4.62. The molecule has 0 N–H and O–H groups in total. The highest BCUT2D eigenvalue weighted by Crippen LogP contribution is 2.30. The van der Waals surface area contributed by atoms with Crippen LogP contribution >= 0.6 is 0 Å². The SMILES string of the molecule is COc1ccc(CN2C[C@H]3CC[C@@H](C2)N(C(=O)N2CCCC2)C3)cc1. The summed E-state index contributed by atoms with van der Waals surface area (Å²) in [5, 5.41) is 0. The van der Waals surface area contributed by atoms with Gasteiger partial charge in [-0.25, -0.2) is 4.79 Å². The van der Waals surface area contributed by atoms with Crippen molar-refractivity contribution in [2.75, 3.05) is 39.8 Å². The molecule has 5 heteroatoms. The van der Waals surface area contributed by atoms with Gasteiger partial charge in [0.1, 0.15) is 5.75 Å². The van der Waals surface area contributed by atoms with Crippen molar-refractivity contribution in [2.24, 2.45) is 5.92 Å². The zero-order chi connectivity index (χ0) is 17.2. The van der Waals surface area contributed by atoms with Crippen LogP contribution < -0.4 is 4.74 Å². The molecule has 4 aliphatic heterocycles. The first-order valence-electron chi connectivity index (χ1n) is 9.64. The minimum Gasteiger partial charge on any atom is -0.497 e. The summed E-state index contributed by atoms with van der Waals surface area (Å²) in [4.78, 5) is 19.7. The van der Waals surface area contributed by atoms with Crippen LogP contribution in [0, 0.1) is 5.92 Å². The fourth-order valence-corrected chi connectivity index (χ4v) is 4.62. The Morgan fingerprint density at radius 3 is 2.56 bits per heavy atom. The maximum atomic E-state index is 12.9. The van der Waals surface area contributed by atoms with Crippen LogP contribution in [0.3, 0.4) is 0 Å². The van der Waals surface area contributed by atoms with Gasteiger partial charge in [-0.1, -0.05) is 12.1 Å². The largest absolute Gasteiger partial charge is 0.497 e. The van der Waals surface area contributed by atoms with Gasteiger partial charge >= 0.3 is 6.03 Å². The van der Waals surface area contributed by atoms with Crippen LogP contribution in [0.2, 0.25) is 0 Å². The Kier molecular flexibility index (Phi) is 4.84. The van der Waals surface area contributed by atoms with Crippen molar-refractivity contribution in [1.29, 1.82) is 0 Å². The number of carbonyl (C=O) groups excluding carboxylic acids is 1. The molecule has 1 aromatic rings. The molecule has 4 saturated heterocycles. The van der Waals surface area contributed by atoms with E-state index in [1.165, 1.54) is 12.0 Å². The van der Waals surface area contributed by atoms with Gasteiger partial charge in [0.2, 0.25) is 0 Å². The molecule has 2 amide bonds. The minimum atomic E-state index is 0.290. The molecule has 0 aromatic heterocycles. The van der Waals surface area contributed by atoms with Gasteiger partial charge in [0.15, 0.2) is 0 Å². The number of rotatable bonds is 3. The molecule has 4 aliphatic rings. The molecule has 1 aromatic carbocycles. The summed E-state index contributed by atoms with van der Waals surface area (Å²) in [6, 6.07) is 9.04. The van der Waals surface area contributed by atoms with Crippen molar-refractivity contribution in [3.8, 4) is 5.75 Å². The summed E-state index contributed by atoms with van der Waals surface area (Å²) >= 11 is 0. The predicted molar refractivity (Wildman–Crippen MR) is 97.7 cm³/mol. The number of benzene rings is 1. The standard InChI is InChI=1S/C20H29N3O2/c1-25-19-8-5-16(6-9-19)12-21-13-17-4-7-18(15-21)23(14-17)20(24)22-10-2-3-11-22/h5-6,8-9,17-18H,2-4,7,10-15H2,1H3/t17-,18+/m1/s1. The first-order chi connectivity index (χ1) is 12.2. The number of methoxy groups -OCH3 is 1. The predicted octanol–water partition coefficient (Wildman–Crippen LogP) is 2.81. The van der Waals surface area contributed by atoms with E-state index in [1.807, 2.05) is 12.1 Å². The van der Waals surface area contributed by atoms with Crippen molar-refractivity contribution in [3.05, 3.63) is 29.8 Å². The van der Waals surface area contributed by atoms with E-state index in [9.17, 15) is 4.79 Å². The Hall–Kier alpha value is -1.75. The highest BCUT2D eigenvalue weighted by atomic mass is 16.5. The topological polar surface area (TPSA) is 36.0 Å². The molecule has 4 heterocycles. The van der Waals surface area contributed by atoms with E-state index in [2.05, 4.69) is 26.8 Å². The van der Waals surface area contributed by atoms with Crippen LogP contribution in [0.15, 0.2) is 24.3 Å². The van der Waals surface area contributed by atoms with E-state index in [1.54, 1.807) is 7.11 Å². The fraction of sp³-hybridized carbons (Fsp3) is 0.650. The second kappa shape index (κ2) is 7.24. The maximum absolute atomic E-state index is 12.9. The summed E-state index contributed by atoms with van der Waals surface area (Å²) in [5.74, 6) is 1.52. The number of piperidine rings is 1. The lowest BCUT2D eigenvalue weighted by atomic mass is 9.95. The van der Waals surface area contributed by atoms with Crippen LogP contribution in [-0.4, -0.2) is 66.6 Å². The zero-order valence-corrected chi connectivity index (χ0v) is 15.2. The van der Waals surface area contributed by atoms with Crippen molar-refractivity contribution >= 4 is 6.03 Å². The molecule has 0 saturated carbocycles. The summed E-state index contributed by atoms with van der Waals surface area (Å²) in [6.07, 6.45) is 4.74. The molecular formula is C20H29N3O2. The first-order valence-corrected chi connectivity index (χ1v) is 9.64. The Morgan fingerprint density at radius 1 is 1.08 bits per heavy atom. The lowest BCUT2D eigenvalue weighted by Gasteiger charge is -2.38. The van der Waals surface area contributed by atoms with Gasteiger partial charge in [0, 0.05) is 45.3 Å². The molecule has 136 valence electrons. The van der Waals surface area contributed by atoms with Crippen LogP contribution in [0.5, 0.6) is 5.75 Å². The van der Waals surface area contributed by atoms with E-state index in [-0.39, 0.29) is 0 Å². The van der Waals surface area contributed by atoms with Gasteiger partial charge in [-0.3, -0.25) is 4.90 Å². The molecule has 2 atom stereocenters. The van der Waals surface area contributed by atoms with Crippen LogP contribution in [0.1, 0.15) is 31.2 Å². The van der Waals surface area contributed by atoms with Gasteiger partial charge in [0.25, 0.3) is 0 Å². The number of nitrogens with zero attached hydrogens (tertiary/aromatic N) is 3. The van der Waals surface area contributed by atoms with E-state index in [0.29, 0.717) is 18.0 Å². The van der Waals surface area contributed by atoms with Crippen LogP contribution in [-0.2, 0) is 6.54 Å². The summed E-state index contributed by atoms with van der Waals surface area (Å²) in [6.45, 7) is 5.90. The molecule has 2 bridgehead atoms. The van der Waals surface area contributed by atoms with Crippen molar-refractivity contribution in [3.63, 3.8) is 0 Å². The number of likely N-dealkylation sites (tertiary alicyclic amines) is 1. The number of hydrogen-bond donors (Lipinski definition) is 0. The third-order valence-electron chi connectivity index (χ3n) is 5.98. The van der Waals surface area contributed by atoms with Crippen molar-refractivity contribution in [2.45, 2.75) is 38.3 Å². The third kappa shape index (κ3) is 3.61. The number of hydrogen-bond acceptors (Lipinski definition) is 3. The smallest absolute Gasteiger partial charge is 0.320 e. The summed E-state index contributed by atoms with van der Waals surface area (Å²) < 4.78 is 5.25. The van der Waals surface area contributed by atoms with Crippen molar-refractivity contribution < 1.29 is 9.53 Å². The lowest BCUT2D eigenvalue weighted by Crippen LogP contribution is -2.52. The number of carbonyl (C=O) groups is 1. The average molecular weight is 343 g/mol. The summed E-state index contributed by atoms with van der Waals surface area (Å²) in [5.41, 5.74) is 1.32. The minimum absolute atomic E-state index is 0.290. The van der Waals surface area contributed by atoms with Gasteiger partial charge in [-0.2, -0.15) is 0 Å². The van der Waals surface area contributed by atoms with Crippen LogP contribution in [0.25, 0.3) is 0 Å². The number of amides is 2. The second-order valence-corrected chi connectivity index (χ2v) is 7.77. The molecule has 5 rings (SSSR count). The Bertz CT molecular complexity index is 597. The van der Waals surface area contributed by atoms with Gasteiger partial charge in [-0.15, -0.1) is 0 Å². The van der Waals surface area contributed by atoms with E-state index < -0.39 is 0 Å².